The summed E-state index contributed by atoms with van der Waals surface area (Å²) in [6.07, 6.45) is 2.46. The first-order chi connectivity index (χ1) is 16.9. The SMILES string of the molecule is COCCN1C(=O)[C@@H]2[C@H](Cc3c[nH]c4ccccc34)N[C@]3(C(=O)Nc4c(C)cc(C)cc43)[C@H]2C1=O. The Hall–Kier alpha value is -3.49. The molecule has 0 saturated carbocycles. The summed E-state index contributed by atoms with van der Waals surface area (Å²) in [4.78, 5) is 45.7. The largest absolute Gasteiger partial charge is 0.383 e. The third kappa shape index (κ3) is 2.96. The highest BCUT2D eigenvalue weighted by atomic mass is 16.5. The molecule has 2 saturated heterocycles. The number of rotatable bonds is 5. The molecule has 1 aromatic heterocycles. The fourth-order valence-corrected chi connectivity index (χ4v) is 6.43. The molecule has 1 spiro atoms. The molecule has 180 valence electrons. The van der Waals surface area contributed by atoms with E-state index in [1.54, 1.807) is 7.11 Å². The summed E-state index contributed by atoms with van der Waals surface area (Å²) >= 11 is 0. The van der Waals surface area contributed by atoms with Crippen molar-refractivity contribution >= 4 is 34.3 Å². The lowest BCUT2D eigenvalue weighted by molar-refractivity contribution is -0.143. The van der Waals surface area contributed by atoms with Gasteiger partial charge in [-0.25, -0.2) is 0 Å². The minimum Gasteiger partial charge on any atom is -0.383 e. The van der Waals surface area contributed by atoms with Gasteiger partial charge in [0, 0.05) is 41.5 Å². The zero-order valence-corrected chi connectivity index (χ0v) is 20.0. The summed E-state index contributed by atoms with van der Waals surface area (Å²) in [6.45, 7) is 4.36. The summed E-state index contributed by atoms with van der Waals surface area (Å²) in [6, 6.07) is 11.6. The molecule has 3 aromatic rings. The Morgan fingerprint density at radius 2 is 1.89 bits per heavy atom. The van der Waals surface area contributed by atoms with Crippen LogP contribution in [0.1, 0.15) is 22.3 Å². The number of hydrogen-bond acceptors (Lipinski definition) is 5. The molecule has 0 aliphatic carbocycles. The van der Waals surface area contributed by atoms with Crippen LogP contribution in [-0.4, -0.2) is 53.9 Å². The lowest BCUT2D eigenvalue weighted by atomic mass is 9.75. The molecular formula is C27H28N4O4. The van der Waals surface area contributed by atoms with E-state index in [1.807, 2.05) is 56.4 Å². The third-order valence-corrected chi connectivity index (χ3v) is 7.89. The zero-order chi connectivity index (χ0) is 24.5. The molecule has 2 aromatic carbocycles. The molecular weight excluding hydrogens is 444 g/mol. The molecule has 6 rings (SSSR count). The van der Waals surface area contributed by atoms with Crippen LogP contribution in [0.5, 0.6) is 0 Å². The van der Waals surface area contributed by atoms with E-state index >= 15 is 0 Å². The van der Waals surface area contributed by atoms with Crippen molar-refractivity contribution in [3.8, 4) is 0 Å². The molecule has 3 N–H and O–H groups in total. The number of hydrogen-bond donors (Lipinski definition) is 3. The maximum absolute atomic E-state index is 13.8. The van der Waals surface area contributed by atoms with Gasteiger partial charge < -0.3 is 15.0 Å². The monoisotopic (exact) mass is 472 g/mol. The van der Waals surface area contributed by atoms with Crippen LogP contribution >= 0.6 is 0 Å². The number of H-pyrrole nitrogens is 1. The number of fused-ring (bicyclic) bond motifs is 5. The van der Waals surface area contributed by atoms with Crippen LogP contribution in [0.3, 0.4) is 0 Å². The maximum Gasteiger partial charge on any atom is 0.250 e. The molecule has 3 aliphatic heterocycles. The second-order valence-electron chi connectivity index (χ2n) is 9.91. The number of nitrogens with one attached hydrogen (secondary N) is 3. The average molecular weight is 473 g/mol. The quantitative estimate of drug-likeness (QED) is 0.495. The maximum atomic E-state index is 13.8. The number of imide groups is 1. The van der Waals surface area contributed by atoms with E-state index in [4.69, 9.17) is 4.74 Å². The number of aromatic amines is 1. The van der Waals surface area contributed by atoms with Crippen LogP contribution in [0, 0.1) is 25.7 Å². The van der Waals surface area contributed by atoms with Crippen LogP contribution in [0.25, 0.3) is 10.9 Å². The van der Waals surface area contributed by atoms with Gasteiger partial charge in [0.2, 0.25) is 17.7 Å². The van der Waals surface area contributed by atoms with Gasteiger partial charge in [-0.1, -0.05) is 35.9 Å². The normalized spacial score (nSPS) is 27.2. The van der Waals surface area contributed by atoms with Crippen molar-refractivity contribution in [3.63, 3.8) is 0 Å². The number of methoxy groups -OCH3 is 1. The van der Waals surface area contributed by atoms with Gasteiger partial charge in [0.05, 0.1) is 25.0 Å². The first-order valence-electron chi connectivity index (χ1n) is 12.0. The Kier molecular flexibility index (Phi) is 4.88. The minimum absolute atomic E-state index is 0.179. The topological polar surface area (TPSA) is 104 Å². The number of ether oxygens (including phenoxy) is 1. The lowest BCUT2D eigenvalue weighted by Crippen LogP contribution is -2.53. The summed E-state index contributed by atoms with van der Waals surface area (Å²) in [5.74, 6) is -2.28. The number of aromatic nitrogens is 1. The highest BCUT2D eigenvalue weighted by molar-refractivity contribution is 6.15. The standard InChI is InChI=1S/C27H28N4O4/c1-14-10-15(2)23-18(11-14)27(26(34)29-23)22-21(24(32)31(25(22)33)8-9-35-3)20(30-27)12-16-13-28-19-7-5-4-6-17(16)19/h4-7,10-11,13,20-22,28,30H,8-9,12H2,1-3H3,(H,29,34)/t20-,21+,22+,27-/m0/s1. The number of nitrogens with zero attached hydrogens (tertiary/aromatic N) is 1. The van der Waals surface area contributed by atoms with Gasteiger partial charge in [0.1, 0.15) is 5.54 Å². The number of benzene rings is 2. The van der Waals surface area contributed by atoms with Gasteiger partial charge in [-0.05, 0) is 37.5 Å². The minimum atomic E-state index is -1.29. The average Bonchev–Trinajstić information content (AvgIpc) is 3.53. The van der Waals surface area contributed by atoms with Gasteiger partial charge >= 0.3 is 0 Å². The number of amides is 3. The first kappa shape index (κ1) is 22.0. The summed E-state index contributed by atoms with van der Waals surface area (Å²) in [7, 11) is 1.54. The van der Waals surface area contributed by atoms with Gasteiger partial charge in [0.15, 0.2) is 0 Å². The molecule has 0 unspecified atom stereocenters. The number of carbonyl (C=O) groups excluding carboxylic acids is 3. The fraction of sp³-hybridized carbons (Fsp3) is 0.370. The van der Waals surface area contributed by atoms with Crippen LogP contribution < -0.4 is 10.6 Å². The molecule has 3 aliphatic rings. The van der Waals surface area contributed by atoms with E-state index < -0.39 is 17.4 Å². The van der Waals surface area contributed by atoms with Crippen molar-refractivity contribution < 1.29 is 19.1 Å². The van der Waals surface area contributed by atoms with Crippen LogP contribution in [0.2, 0.25) is 0 Å². The predicted octanol–water partition coefficient (Wildman–Crippen LogP) is 2.39. The summed E-state index contributed by atoms with van der Waals surface area (Å²) in [5.41, 5.74) is 4.20. The second-order valence-corrected chi connectivity index (χ2v) is 9.91. The number of anilines is 1. The Morgan fingerprint density at radius 3 is 2.69 bits per heavy atom. The van der Waals surface area contributed by atoms with E-state index in [1.165, 1.54) is 4.90 Å². The molecule has 0 radical (unpaired) electrons. The van der Waals surface area contributed by atoms with Gasteiger partial charge in [-0.2, -0.15) is 0 Å². The summed E-state index contributed by atoms with van der Waals surface area (Å²) in [5, 5.41) is 7.64. The first-order valence-corrected chi connectivity index (χ1v) is 12.0. The van der Waals surface area contributed by atoms with E-state index in [0.717, 1.165) is 38.8 Å². The third-order valence-electron chi connectivity index (χ3n) is 7.89. The fourth-order valence-electron chi connectivity index (χ4n) is 6.43. The zero-order valence-electron chi connectivity index (χ0n) is 20.0. The van der Waals surface area contributed by atoms with E-state index in [-0.39, 0.29) is 36.9 Å². The smallest absolute Gasteiger partial charge is 0.250 e. The number of aryl methyl sites for hydroxylation is 2. The van der Waals surface area contributed by atoms with Gasteiger partial charge in [-0.15, -0.1) is 0 Å². The molecule has 4 atom stereocenters. The van der Waals surface area contributed by atoms with Crippen LogP contribution in [0.4, 0.5) is 5.69 Å². The van der Waals surface area contributed by atoms with Crippen molar-refractivity contribution in [3.05, 3.63) is 64.8 Å². The predicted molar refractivity (Wildman–Crippen MR) is 131 cm³/mol. The van der Waals surface area contributed by atoms with Crippen LogP contribution in [-0.2, 0) is 31.1 Å². The van der Waals surface area contributed by atoms with Gasteiger partial charge in [-0.3, -0.25) is 24.6 Å². The highest BCUT2D eigenvalue weighted by Crippen LogP contribution is 2.54. The number of para-hydroxylation sites is 1. The molecule has 8 heteroatoms. The molecule has 4 heterocycles. The second kappa shape index (κ2) is 7.76. The van der Waals surface area contributed by atoms with Crippen molar-refractivity contribution in [2.45, 2.75) is 31.8 Å². The number of likely N-dealkylation sites (tertiary alicyclic amines) is 1. The van der Waals surface area contributed by atoms with Crippen molar-refractivity contribution in [1.29, 1.82) is 0 Å². The van der Waals surface area contributed by atoms with Crippen molar-refractivity contribution in [2.75, 3.05) is 25.6 Å². The Labute approximate surface area is 203 Å². The number of carbonyl (C=O) groups is 3. The lowest BCUT2D eigenvalue weighted by Gasteiger charge is -2.29. The van der Waals surface area contributed by atoms with Gasteiger partial charge in [0.25, 0.3) is 0 Å². The molecule has 3 amide bonds. The Bertz CT molecular complexity index is 1400. The molecule has 8 nitrogen and oxygen atoms in total. The van der Waals surface area contributed by atoms with Crippen LogP contribution in [0.15, 0.2) is 42.6 Å². The van der Waals surface area contributed by atoms with Crippen molar-refractivity contribution in [1.82, 2.24) is 15.2 Å². The Balaban J connectivity index is 1.49. The highest BCUT2D eigenvalue weighted by Gasteiger charge is 2.70. The van der Waals surface area contributed by atoms with E-state index in [2.05, 4.69) is 15.6 Å². The Morgan fingerprint density at radius 1 is 1.09 bits per heavy atom. The van der Waals surface area contributed by atoms with Crippen molar-refractivity contribution in [2.24, 2.45) is 11.8 Å². The molecule has 35 heavy (non-hydrogen) atoms. The molecule has 0 bridgehead atoms. The van der Waals surface area contributed by atoms with E-state index in [0.29, 0.717) is 6.42 Å². The molecule has 2 fully saturated rings. The summed E-state index contributed by atoms with van der Waals surface area (Å²) < 4.78 is 5.16. The van der Waals surface area contributed by atoms with E-state index in [9.17, 15) is 14.4 Å².